The first-order valence-electron chi connectivity index (χ1n) is 5.09. The van der Waals surface area contributed by atoms with Crippen molar-refractivity contribution in [2.75, 3.05) is 18.4 Å². The number of rotatable bonds is 5. The molecule has 0 aliphatic carbocycles. The Morgan fingerprint density at radius 1 is 1.38 bits per heavy atom. The first-order valence-corrected chi connectivity index (χ1v) is 6.67. The van der Waals surface area contributed by atoms with E-state index in [1.807, 2.05) is 18.2 Å². The number of nitrogens with one attached hydrogen (secondary N) is 2. The summed E-state index contributed by atoms with van der Waals surface area (Å²) in [4.78, 5) is 11.5. The van der Waals surface area contributed by atoms with Gasteiger partial charge in [0.25, 0.3) is 0 Å². The molecular weight excluding hydrogens is 336 g/mol. The van der Waals surface area contributed by atoms with Crippen molar-refractivity contribution in [2.45, 2.75) is 13.3 Å². The smallest absolute Gasteiger partial charge is 0.238 e. The number of halogens is 2. The summed E-state index contributed by atoms with van der Waals surface area (Å²) in [6.07, 6.45) is 1.02. The standard InChI is InChI=1S/C11H14Br2N2O/c1-2-5-14-7-11(16)15-10-4-3-8(12)6-9(10)13/h3-4,6,14H,2,5,7H2,1H3,(H,15,16). The second kappa shape index (κ2) is 7.04. The predicted molar refractivity (Wildman–Crippen MR) is 73.6 cm³/mol. The highest BCUT2D eigenvalue weighted by Crippen LogP contribution is 2.25. The van der Waals surface area contributed by atoms with Crippen LogP contribution in [0.2, 0.25) is 0 Å². The molecule has 0 bridgehead atoms. The molecule has 1 amide bonds. The molecule has 1 rings (SSSR count). The molecule has 0 saturated heterocycles. The second-order valence-corrected chi connectivity index (χ2v) is 5.12. The monoisotopic (exact) mass is 348 g/mol. The molecule has 0 radical (unpaired) electrons. The summed E-state index contributed by atoms with van der Waals surface area (Å²) in [6, 6.07) is 5.64. The minimum absolute atomic E-state index is 0.0310. The van der Waals surface area contributed by atoms with E-state index in [-0.39, 0.29) is 5.91 Å². The average Bonchev–Trinajstić information content (AvgIpc) is 2.23. The first kappa shape index (κ1) is 13.7. The van der Waals surface area contributed by atoms with Gasteiger partial charge in [0, 0.05) is 8.95 Å². The van der Waals surface area contributed by atoms with Gasteiger partial charge in [-0.15, -0.1) is 0 Å². The molecule has 1 aromatic carbocycles. The highest BCUT2D eigenvalue weighted by molar-refractivity contribution is 9.11. The van der Waals surface area contributed by atoms with Gasteiger partial charge in [0.1, 0.15) is 0 Å². The van der Waals surface area contributed by atoms with E-state index in [9.17, 15) is 4.79 Å². The Labute approximate surface area is 112 Å². The van der Waals surface area contributed by atoms with E-state index in [1.54, 1.807) is 0 Å². The van der Waals surface area contributed by atoms with Crippen molar-refractivity contribution in [3.05, 3.63) is 27.1 Å². The van der Waals surface area contributed by atoms with Crippen LogP contribution in [0.1, 0.15) is 13.3 Å². The molecule has 5 heteroatoms. The summed E-state index contributed by atoms with van der Waals surface area (Å²) < 4.78 is 1.84. The van der Waals surface area contributed by atoms with Crippen molar-refractivity contribution < 1.29 is 4.79 Å². The van der Waals surface area contributed by atoms with Gasteiger partial charge in [0.2, 0.25) is 5.91 Å². The van der Waals surface area contributed by atoms with Crippen LogP contribution in [0.3, 0.4) is 0 Å². The number of carbonyl (C=O) groups is 1. The maximum absolute atomic E-state index is 11.5. The molecule has 0 saturated carbocycles. The molecule has 0 atom stereocenters. The van der Waals surface area contributed by atoms with Gasteiger partial charge < -0.3 is 10.6 Å². The summed E-state index contributed by atoms with van der Waals surface area (Å²) in [5, 5.41) is 5.88. The van der Waals surface area contributed by atoms with Crippen molar-refractivity contribution in [1.29, 1.82) is 0 Å². The third-order valence-electron chi connectivity index (χ3n) is 1.92. The van der Waals surface area contributed by atoms with Gasteiger partial charge in [-0.1, -0.05) is 22.9 Å². The van der Waals surface area contributed by atoms with E-state index in [4.69, 9.17) is 0 Å². The van der Waals surface area contributed by atoms with Crippen LogP contribution < -0.4 is 10.6 Å². The lowest BCUT2D eigenvalue weighted by molar-refractivity contribution is -0.115. The van der Waals surface area contributed by atoms with Gasteiger partial charge in [-0.05, 0) is 47.1 Å². The van der Waals surface area contributed by atoms with Gasteiger partial charge in [-0.25, -0.2) is 0 Å². The summed E-state index contributed by atoms with van der Waals surface area (Å²) in [5.41, 5.74) is 0.784. The quantitative estimate of drug-likeness (QED) is 0.802. The number of carbonyl (C=O) groups excluding carboxylic acids is 1. The van der Waals surface area contributed by atoms with E-state index >= 15 is 0 Å². The van der Waals surface area contributed by atoms with Crippen LogP contribution in [0, 0.1) is 0 Å². The minimum atomic E-state index is -0.0310. The Morgan fingerprint density at radius 3 is 2.75 bits per heavy atom. The number of amides is 1. The number of anilines is 1. The Balaban J connectivity index is 2.49. The molecule has 2 N–H and O–H groups in total. The predicted octanol–water partition coefficient (Wildman–Crippen LogP) is 3.15. The molecule has 0 fully saturated rings. The first-order chi connectivity index (χ1) is 7.63. The third-order valence-corrected chi connectivity index (χ3v) is 3.07. The molecule has 1 aromatic rings. The van der Waals surface area contributed by atoms with Crippen LogP contribution in [-0.4, -0.2) is 19.0 Å². The van der Waals surface area contributed by atoms with E-state index in [2.05, 4.69) is 49.4 Å². The second-order valence-electron chi connectivity index (χ2n) is 3.35. The lowest BCUT2D eigenvalue weighted by Gasteiger charge is -2.08. The summed E-state index contributed by atoms with van der Waals surface area (Å²) in [5.74, 6) is -0.0310. The van der Waals surface area contributed by atoms with Crippen LogP contribution in [0.25, 0.3) is 0 Å². The van der Waals surface area contributed by atoms with E-state index < -0.39 is 0 Å². The zero-order valence-corrected chi connectivity index (χ0v) is 12.2. The van der Waals surface area contributed by atoms with Gasteiger partial charge >= 0.3 is 0 Å². The van der Waals surface area contributed by atoms with Crippen molar-refractivity contribution in [3.8, 4) is 0 Å². The molecule has 0 spiro atoms. The lowest BCUT2D eigenvalue weighted by Crippen LogP contribution is -2.28. The van der Waals surface area contributed by atoms with E-state index in [0.717, 1.165) is 27.6 Å². The Bertz CT molecular complexity index is 369. The molecule has 88 valence electrons. The Morgan fingerprint density at radius 2 is 2.12 bits per heavy atom. The topological polar surface area (TPSA) is 41.1 Å². The number of benzene rings is 1. The SMILES string of the molecule is CCCNCC(=O)Nc1ccc(Br)cc1Br. The van der Waals surface area contributed by atoms with Gasteiger partial charge in [-0.3, -0.25) is 4.79 Å². The molecule has 0 aliphatic rings. The molecule has 0 heterocycles. The molecule has 0 aromatic heterocycles. The maximum atomic E-state index is 11.5. The van der Waals surface area contributed by atoms with Crippen LogP contribution in [0.15, 0.2) is 27.1 Å². The Hall–Kier alpha value is -0.390. The Kier molecular flexibility index (Phi) is 6.01. The zero-order chi connectivity index (χ0) is 12.0. The van der Waals surface area contributed by atoms with Crippen LogP contribution in [-0.2, 0) is 4.79 Å². The van der Waals surface area contributed by atoms with Crippen molar-refractivity contribution in [3.63, 3.8) is 0 Å². The molecule has 0 unspecified atom stereocenters. The molecular formula is C11H14Br2N2O. The maximum Gasteiger partial charge on any atom is 0.238 e. The number of hydrogen-bond donors (Lipinski definition) is 2. The fourth-order valence-corrected chi connectivity index (χ4v) is 2.31. The summed E-state index contributed by atoms with van der Waals surface area (Å²) >= 11 is 6.75. The highest BCUT2D eigenvalue weighted by Gasteiger charge is 2.04. The largest absolute Gasteiger partial charge is 0.324 e. The van der Waals surface area contributed by atoms with E-state index in [0.29, 0.717) is 6.54 Å². The fraction of sp³-hybridized carbons (Fsp3) is 0.364. The van der Waals surface area contributed by atoms with Gasteiger partial charge in [0.15, 0.2) is 0 Å². The summed E-state index contributed by atoms with van der Waals surface area (Å²) in [6.45, 7) is 3.27. The van der Waals surface area contributed by atoms with Crippen LogP contribution in [0.4, 0.5) is 5.69 Å². The third kappa shape index (κ3) is 4.63. The highest BCUT2D eigenvalue weighted by atomic mass is 79.9. The van der Waals surface area contributed by atoms with Crippen molar-refractivity contribution >= 4 is 43.5 Å². The van der Waals surface area contributed by atoms with Crippen molar-refractivity contribution in [1.82, 2.24) is 5.32 Å². The van der Waals surface area contributed by atoms with Crippen LogP contribution in [0.5, 0.6) is 0 Å². The normalized spacial score (nSPS) is 10.2. The molecule has 0 aliphatic heterocycles. The van der Waals surface area contributed by atoms with Crippen LogP contribution >= 0.6 is 31.9 Å². The van der Waals surface area contributed by atoms with E-state index in [1.165, 1.54) is 0 Å². The molecule has 16 heavy (non-hydrogen) atoms. The van der Waals surface area contributed by atoms with Gasteiger partial charge in [0.05, 0.1) is 12.2 Å². The van der Waals surface area contributed by atoms with Gasteiger partial charge in [-0.2, -0.15) is 0 Å². The summed E-state index contributed by atoms with van der Waals surface area (Å²) in [7, 11) is 0. The van der Waals surface area contributed by atoms with Crippen molar-refractivity contribution in [2.24, 2.45) is 0 Å². The fourth-order valence-electron chi connectivity index (χ4n) is 1.16. The lowest BCUT2D eigenvalue weighted by atomic mass is 10.3. The number of hydrogen-bond acceptors (Lipinski definition) is 2. The zero-order valence-electron chi connectivity index (χ0n) is 9.02. The molecule has 3 nitrogen and oxygen atoms in total. The average molecular weight is 350 g/mol. The minimum Gasteiger partial charge on any atom is -0.324 e.